The summed E-state index contributed by atoms with van der Waals surface area (Å²) in [5, 5.41) is 0. The first kappa shape index (κ1) is 27.8. The maximum absolute atomic E-state index is 12.3. The van der Waals surface area contributed by atoms with E-state index in [4.69, 9.17) is 21.9 Å². The molecule has 0 spiro atoms. The van der Waals surface area contributed by atoms with Crippen LogP contribution in [0.1, 0.15) is 84.0 Å². The van der Waals surface area contributed by atoms with Crippen LogP contribution in [0.4, 0.5) is 0 Å². The lowest BCUT2D eigenvalue weighted by Gasteiger charge is -2.28. The highest BCUT2D eigenvalue weighted by Gasteiger charge is 2.48. The van der Waals surface area contributed by atoms with Gasteiger partial charge in [0, 0.05) is 13.2 Å². The van der Waals surface area contributed by atoms with E-state index in [1.54, 1.807) is 0 Å². The molecule has 0 aromatic carbocycles. The van der Waals surface area contributed by atoms with Gasteiger partial charge in [0.25, 0.3) is 0 Å². The van der Waals surface area contributed by atoms with Gasteiger partial charge >= 0.3 is 0 Å². The molecule has 0 aromatic rings. The Bertz CT molecular complexity index is 428. The summed E-state index contributed by atoms with van der Waals surface area (Å²) in [4.78, 5) is 36.8. The van der Waals surface area contributed by atoms with Gasteiger partial charge in [-0.3, -0.25) is 14.4 Å². The van der Waals surface area contributed by atoms with Crippen LogP contribution in [0.15, 0.2) is 0 Å². The molecule has 0 unspecified atom stereocenters. The van der Waals surface area contributed by atoms with Gasteiger partial charge in [0.2, 0.25) is 0 Å². The quantitative estimate of drug-likeness (QED) is 0.194. The summed E-state index contributed by atoms with van der Waals surface area (Å²) >= 11 is 0. The molecule has 7 nitrogen and oxygen atoms in total. The zero-order chi connectivity index (χ0) is 22.0. The SMILES string of the molecule is CCCCCCCCCCCCOCCCC(C(=O)CN)(C(=O)CN)C(=O)CN. The number of hydrogen-bond acceptors (Lipinski definition) is 7. The predicted octanol–water partition coefficient (Wildman–Crippen LogP) is 2.27. The van der Waals surface area contributed by atoms with Gasteiger partial charge in [-0.2, -0.15) is 0 Å². The second kappa shape index (κ2) is 17.7. The number of ether oxygens (including phenoxy) is 1. The van der Waals surface area contributed by atoms with Crippen molar-refractivity contribution in [3.63, 3.8) is 0 Å². The van der Waals surface area contributed by atoms with E-state index in [0.717, 1.165) is 12.8 Å². The zero-order valence-corrected chi connectivity index (χ0v) is 18.4. The molecule has 7 heteroatoms. The number of hydrogen-bond donors (Lipinski definition) is 3. The largest absolute Gasteiger partial charge is 0.381 e. The van der Waals surface area contributed by atoms with E-state index < -0.39 is 42.4 Å². The molecule has 0 heterocycles. The Morgan fingerprint density at radius 2 is 1.00 bits per heavy atom. The van der Waals surface area contributed by atoms with E-state index in [1.165, 1.54) is 51.4 Å². The van der Waals surface area contributed by atoms with Gasteiger partial charge in [-0.25, -0.2) is 0 Å². The summed E-state index contributed by atoms with van der Waals surface area (Å²) < 4.78 is 5.61. The van der Waals surface area contributed by atoms with Gasteiger partial charge in [-0.05, 0) is 19.3 Å². The highest BCUT2D eigenvalue weighted by atomic mass is 16.5. The minimum Gasteiger partial charge on any atom is -0.381 e. The lowest BCUT2D eigenvalue weighted by molar-refractivity contribution is -0.148. The van der Waals surface area contributed by atoms with Crippen molar-refractivity contribution in [1.29, 1.82) is 0 Å². The second-order valence-electron chi connectivity index (χ2n) is 7.69. The van der Waals surface area contributed by atoms with Crippen LogP contribution in [0.3, 0.4) is 0 Å². The summed E-state index contributed by atoms with van der Waals surface area (Å²) in [5.74, 6) is -1.84. The van der Waals surface area contributed by atoms with E-state index in [9.17, 15) is 14.4 Å². The van der Waals surface area contributed by atoms with Crippen LogP contribution in [0.2, 0.25) is 0 Å². The van der Waals surface area contributed by atoms with Crippen molar-refractivity contribution in [3.8, 4) is 0 Å². The van der Waals surface area contributed by atoms with Crippen molar-refractivity contribution < 1.29 is 19.1 Å². The van der Waals surface area contributed by atoms with Gasteiger partial charge < -0.3 is 21.9 Å². The Balaban J connectivity index is 4.03. The zero-order valence-electron chi connectivity index (χ0n) is 18.4. The Morgan fingerprint density at radius 1 is 0.621 bits per heavy atom. The number of carbonyl (C=O) groups is 3. The predicted molar refractivity (Wildman–Crippen MR) is 117 cm³/mol. The van der Waals surface area contributed by atoms with Crippen molar-refractivity contribution >= 4 is 17.3 Å². The van der Waals surface area contributed by atoms with Gasteiger partial charge in [-0.1, -0.05) is 64.7 Å². The van der Waals surface area contributed by atoms with Gasteiger partial charge in [0.1, 0.15) is 5.41 Å². The van der Waals surface area contributed by atoms with Crippen LogP contribution >= 0.6 is 0 Å². The van der Waals surface area contributed by atoms with Crippen molar-refractivity contribution in [1.82, 2.24) is 0 Å². The van der Waals surface area contributed by atoms with E-state index in [0.29, 0.717) is 19.6 Å². The third-order valence-corrected chi connectivity index (χ3v) is 5.47. The highest BCUT2D eigenvalue weighted by Crippen LogP contribution is 2.28. The van der Waals surface area contributed by atoms with Gasteiger partial charge in [0.15, 0.2) is 17.3 Å². The van der Waals surface area contributed by atoms with Crippen LogP contribution in [0.25, 0.3) is 0 Å². The average molecular weight is 414 g/mol. The third kappa shape index (κ3) is 10.4. The Hall–Kier alpha value is -1.15. The molecule has 0 radical (unpaired) electrons. The molecule has 0 amide bonds. The molecule has 0 fully saturated rings. The molecule has 170 valence electrons. The number of rotatable bonds is 21. The normalized spacial score (nSPS) is 11.6. The van der Waals surface area contributed by atoms with Crippen molar-refractivity contribution in [2.75, 3.05) is 32.8 Å². The Labute approximate surface area is 176 Å². The average Bonchev–Trinajstić information content (AvgIpc) is 2.75. The van der Waals surface area contributed by atoms with Crippen LogP contribution in [-0.4, -0.2) is 50.2 Å². The summed E-state index contributed by atoms with van der Waals surface area (Å²) in [7, 11) is 0. The van der Waals surface area contributed by atoms with Crippen molar-refractivity contribution in [2.24, 2.45) is 22.6 Å². The molecular formula is C22H43N3O4. The molecule has 29 heavy (non-hydrogen) atoms. The molecular weight excluding hydrogens is 370 g/mol. The molecule has 0 saturated carbocycles. The number of ketones is 3. The fourth-order valence-electron chi connectivity index (χ4n) is 3.64. The van der Waals surface area contributed by atoms with E-state index >= 15 is 0 Å². The minimum absolute atomic E-state index is 0.0487. The molecule has 0 saturated heterocycles. The summed E-state index contributed by atoms with van der Waals surface area (Å²) in [5.41, 5.74) is 14.5. The van der Waals surface area contributed by atoms with E-state index in [1.807, 2.05) is 0 Å². The smallest absolute Gasteiger partial charge is 0.167 e. The van der Waals surface area contributed by atoms with Crippen molar-refractivity contribution in [3.05, 3.63) is 0 Å². The molecule has 0 bridgehead atoms. The Kier molecular flexibility index (Phi) is 17.0. The fourth-order valence-corrected chi connectivity index (χ4v) is 3.64. The summed E-state index contributed by atoms with van der Waals surface area (Å²) in [6, 6.07) is 0. The number of nitrogens with two attached hydrogens (primary N) is 3. The first-order valence-electron chi connectivity index (χ1n) is 11.3. The highest BCUT2D eigenvalue weighted by molar-refractivity contribution is 6.25. The first-order valence-corrected chi connectivity index (χ1v) is 11.3. The molecule has 0 aromatic heterocycles. The van der Waals surface area contributed by atoms with Crippen LogP contribution < -0.4 is 17.2 Å². The fraction of sp³-hybridized carbons (Fsp3) is 0.864. The number of carbonyl (C=O) groups excluding carboxylic acids is 3. The first-order chi connectivity index (χ1) is 14.0. The molecule has 0 aliphatic carbocycles. The van der Waals surface area contributed by atoms with Crippen LogP contribution in [0.5, 0.6) is 0 Å². The summed E-state index contributed by atoms with van der Waals surface area (Å²) in [6.45, 7) is 2.08. The van der Waals surface area contributed by atoms with Gasteiger partial charge in [0.05, 0.1) is 19.6 Å². The Morgan fingerprint density at radius 3 is 1.41 bits per heavy atom. The maximum atomic E-state index is 12.3. The topological polar surface area (TPSA) is 138 Å². The molecule has 0 rings (SSSR count). The summed E-state index contributed by atoms with van der Waals surface area (Å²) in [6.07, 6.45) is 13.1. The molecule has 0 aliphatic rings. The maximum Gasteiger partial charge on any atom is 0.167 e. The molecule has 0 atom stereocenters. The van der Waals surface area contributed by atoms with Gasteiger partial charge in [-0.15, -0.1) is 0 Å². The monoisotopic (exact) mass is 413 g/mol. The number of unbranched alkanes of at least 4 members (excludes halogenated alkanes) is 9. The van der Waals surface area contributed by atoms with E-state index in [-0.39, 0.29) is 6.42 Å². The third-order valence-electron chi connectivity index (χ3n) is 5.47. The molecule has 0 aliphatic heterocycles. The lowest BCUT2D eigenvalue weighted by Crippen LogP contribution is -2.53. The van der Waals surface area contributed by atoms with Crippen LogP contribution in [-0.2, 0) is 19.1 Å². The standard InChI is InChI=1S/C22H43N3O4/c1-2-3-4-5-6-7-8-9-10-11-14-29-15-12-13-22(19(26)16-23,20(27)17-24)21(28)18-25/h2-18,23-25H2,1H3. The minimum atomic E-state index is -1.81. The molecule has 6 N–H and O–H groups in total. The second-order valence-corrected chi connectivity index (χ2v) is 7.69. The lowest BCUT2D eigenvalue weighted by atomic mass is 9.71. The van der Waals surface area contributed by atoms with Crippen molar-refractivity contribution in [2.45, 2.75) is 84.0 Å². The van der Waals surface area contributed by atoms with Crippen LogP contribution in [0, 0.1) is 5.41 Å². The number of Topliss-reactive ketones (excluding diaryl/α,β-unsaturated/α-hetero) is 3. The van der Waals surface area contributed by atoms with E-state index in [2.05, 4.69) is 6.92 Å².